The summed E-state index contributed by atoms with van der Waals surface area (Å²) in [5.41, 5.74) is 3.45. The van der Waals surface area contributed by atoms with Crippen LogP contribution in [0.1, 0.15) is 30.4 Å². The maximum Gasteiger partial charge on any atom is 0.266 e. The molecular formula is C22H23N3O2S. The number of para-hydroxylation sites is 1. The maximum absolute atomic E-state index is 13.4. The van der Waals surface area contributed by atoms with E-state index in [4.69, 9.17) is 4.98 Å². The molecule has 6 heteroatoms. The van der Waals surface area contributed by atoms with Gasteiger partial charge in [0.15, 0.2) is 5.16 Å². The monoisotopic (exact) mass is 393 g/mol. The van der Waals surface area contributed by atoms with Crippen LogP contribution >= 0.6 is 11.8 Å². The third kappa shape index (κ3) is 3.56. The summed E-state index contributed by atoms with van der Waals surface area (Å²) in [5.74, 6) is 0.0254. The molecule has 1 N–H and O–H groups in total. The smallest absolute Gasteiger partial charge is 0.266 e. The van der Waals surface area contributed by atoms with Gasteiger partial charge in [0.25, 0.3) is 5.56 Å². The third-order valence-corrected chi connectivity index (χ3v) is 6.30. The standard InChI is InChI=1S/C22H23N3O2S/c1-14-10-11-15(2)18(13-14)25-21(27)16-7-3-4-8-17(16)24-22(25)28-19-9-5-6-12-23-20(19)26/h3-4,7-8,10-11,13,19H,5-6,9,12H2,1-2H3,(H,23,26)/t19-/m1/s1. The molecule has 4 rings (SSSR count). The molecule has 0 radical (unpaired) electrons. The van der Waals surface area contributed by atoms with Crippen LogP contribution in [0.2, 0.25) is 0 Å². The molecule has 3 aromatic rings. The summed E-state index contributed by atoms with van der Waals surface area (Å²) in [6.07, 6.45) is 2.75. The van der Waals surface area contributed by atoms with Gasteiger partial charge in [-0.3, -0.25) is 14.2 Å². The number of carbonyl (C=O) groups excluding carboxylic acids is 1. The number of hydrogen-bond acceptors (Lipinski definition) is 4. The Balaban J connectivity index is 1.92. The van der Waals surface area contributed by atoms with Gasteiger partial charge in [0.05, 0.1) is 21.8 Å². The van der Waals surface area contributed by atoms with Crippen LogP contribution in [-0.4, -0.2) is 27.3 Å². The molecule has 0 aliphatic carbocycles. The van der Waals surface area contributed by atoms with Crippen molar-refractivity contribution in [2.45, 2.75) is 43.5 Å². The molecule has 2 heterocycles. The molecule has 1 amide bonds. The number of benzene rings is 2. The van der Waals surface area contributed by atoms with E-state index in [0.29, 0.717) is 22.6 Å². The van der Waals surface area contributed by atoms with Crippen molar-refractivity contribution in [2.24, 2.45) is 0 Å². The highest BCUT2D eigenvalue weighted by Gasteiger charge is 2.25. The van der Waals surface area contributed by atoms with Gasteiger partial charge < -0.3 is 5.32 Å². The third-order valence-electron chi connectivity index (χ3n) is 5.08. The molecular weight excluding hydrogens is 370 g/mol. The van der Waals surface area contributed by atoms with Crippen LogP contribution in [0.4, 0.5) is 0 Å². The average molecular weight is 394 g/mol. The normalized spacial score (nSPS) is 17.4. The number of thioether (sulfide) groups is 1. The Morgan fingerprint density at radius 2 is 1.93 bits per heavy atom. The molecule has 5 nitrogen and oxygen atoms in total. The summed E-state index contributed by atoms with van der Waals surface area (Å²) in [6, 6.07) is 13.4. The van der Waals surface area contributed by atoms with E-state index < -0.39 is 0 Å². The highest BCUT2D eigenvalue weighted by molar-refractivity contribution is 8.00. The van der Waals surface area contributed by atoms with Gasteiger partial charge in [0.1, 0.15) is 0 Å². The SMILES string of the molecule is Cc1ccc(C)c(-n2c(S[C@@H]3CCCCNC3=O)nc3ccccc3c2=O)c1. The van der Waals surface area contributed by atoms with Gasteiger partial charge in [0, 0.05) is 6.54 Å². The molecule has 0 unspecified atom stereocenters. The minimum atomic E-state index is -0.244. The van der Waals surface area contributed by atoms with Gasteiger partial charge in [-0.2, -0.15) is 0 Å². The van der Waals surface area contributed by atoms with Crippen molar-refractivity contribution in [1.82, 2.24) is 14.9 Å². The highest BCUT2D eigenvalue weighted by atomic mass is 32.2. The Kier molecular flexibility index (Phi) is 5.22. The lowest BCUT2D eigenvalue weighted by Gasteiger charge is -2.18. The molecule has 144 valence electrons. The topological polar surface area (TPSA) is 64.0 Å². The predicted octanol–water partition coefficient (Wildman–Crippen LogP) is 3.76. The van der Waals surface area contributed by atoms with Crippen LogP contribution in [0, 0.1) is 13.8 Å². The second kappa shape index (κ2) is 7.80. The molecule has 1 fully saturated rings. The van der Waals surface area contributed by atoms with Crippen molar-refractivity contribution >= 4 is 28.6 Å². The number of fused-ring (bicyclic) bond motifs is 1. The first-order valence-corrected chi connectivity index (χ1v) is 10.5. The minimum Gasteiger partial charge on any atom is -0.355 e. The zero-order valence-corrected chi connectivity index (χ0v) is 16.9. The van der Waals surface area contributed by atoms with Crippen LogP contribution < -0.4 is 10.9 Å². The first-order valence-electron chi connectivity index (χ1n) is 9.58. The van der Waals surface area contributed by atoms with E-state index >= 15 is 0 Å². The van der Waals surface area contributed by atoms with Crippen molar-refractivity contribution in [3.63, 3.8) is 0 Å². The lowest BCUT2D eigenvalue weighted by Crippen LogP contribution is -2.32. The number of aryl methyl sites for hydroxylation is 2. The Morgan fingerprint density at radius 3 is 2.79 bits per heavy atom. The quantitative estimate of drug-likeness (QED) is 0.688. The van der Waals surface area contributed by atoms with Crippen molar-refractivity contribution in [3.05, 3.63) is 63.9 Å². The Hall–Kier alpha value is -2.60. The van der Waals surface area contributed by atoms with Gasteiger partial charge >= 0.3 is 0 Å². The van der Waals surface area contributed by atoms with E-state index in [1.165, 1.54) is 11.8 Å². The summed E-state index contributed by atoms with van der Waals surface area (Å²) in [6.45, 7) is 4.71. The second-order valence-corrected chi connectivity index (χ2v) is 8.41. The molecule has 0 bridgehead atoms. The van der Waals surface area contributed by atoms with Crippen molar-refractivity contribution in [3.8, 4) is 5.69 Å². The summed E-state index contributed by atoms with van der Waals surface area (Å²) >= 11 is 1.39. The van der Waals surface area contributed by atoms with Crippen molar-refractivity contribution in [2.75, 3.05) is 6.54 Å². The minimum absolute atomic E-state index is 0.0254. The summed E-state index contributed by atoms with van der Waals surface area (Å²) in [4.78, 5) is 30.7. The zero-order valence-electron chi connectivity index (χ0n) is 16.1. The second-order valence-electron chi connectivity index (χ2n) is 7.24. The lowest BCUT2D eigenvalue weighted by atomic mass is 10.1. The molecule has 0 spiro atoms. The molecule has 1 aliphatic heterocycles. The predicted molar refractivity (Wildman–Crippen MR) is 113 cm³/mol. The van der Waals surface area contributed by atoms with E-state index in [0.717, 1.165) is 36.1 Å². The molecule has 1 atom stereocenters. The van der Waals surface area contributed by atoms with E-state index in [1.807, 2.05) is 50.2 Å². The molecule has 28 heavy (non-hydrogen) atoms. The van der Waals surface area contributed by atoms with E-state index in [9.17, 15) is 9.59 Å². The van der Waals surface area contributed by atoms with Gasteiger partial charge in [-0.15, -0.1) is 0 Å². The van der Waals surface area contributed by atoms with Crippen LogP contribution in [0.5, 0.6) is 0 Å². The van der Waals surface area contributed by atoms with E-state index in [2.05, 4.69) is 5.32 Å². The Bertz CT molecular complexity index is 1110. The Morgan fingerprint density at radius 1 is 1.11 bits per heavy atom. The fraction of sp³-hybridized carbons (Fsp3) is 0.318. The summed E-state index contributed by atoms with van der Waals surface area (Å²) in [5, 5.41) is 3.88. The largest absolute Gasteiger partial charge is 0.355 e. The number of carbonyl (C=O) groups is 1. The number of rotatable bonds is 3. The molecule has 1 aromatic heterocycles. The van der Waals surface area contributed by atoms with Crippen LogP contribution in [0.15, 0.2) is 52.4 Å². The fourth-order valence-corrected chi connectivity index (χ4v) is 4.68. The first-order chi connectivity index (χ1) is 13.5. The summed E-state index contributed by atoms with van der Waals surface area (Å²) in [7, 11) is 0. The lowest BCUT2D eigenvalue weighted by molar-refractivity contribution is -0.120. The van der Waals surface area contributed by atoms with Gasteiger partial charge in [-0.25, -0.2) is 4.98 Å². The number of hydrogen-bond donors (Lipinski definition) is 1. The first kappa shape index (κ1) is 18.7. The van der Waals surface area contributed by atoms with Crippen molar-refractivity contribution in [1.29, 1.82) is 0 Å². The number of nitrogens with one attached hydrogen (secondary N) is 1. The van der Waals surface area contributed by atoms with Gasteiger partial charge in [0.2, 0.25) is 5.91 Å². The average Bonchev–Trinajstić information content (AvgIpc) is 2.89. The number of aromatic nitrogens is 2. The van der Waals surface area contributed by atoms with Crippen LogP contribution in [0.3, 0.4) is 0 Å². The highest BCUT2D eigenvalue weighted by Crippen LogP contribution is 2.30. The van der Waals surface area contributed by atoms with Gasteiger partial charge in [-0.05, 0) is 56.0 Å². The van der Waals surface area contributed by atoms with E-state index in [-0.39, 0.29) is 16.7 Å². The van der Waals surface area contributed by atoms with Gasteiger partial charge in [-0.1, -0.05) is 42.4 Å². The molecule has 1 saturated heterocycles. The summed E-state index contributed by atoms with van der Waals surface area (Å²) < 4.78 is 1.67. The molecule has 1 aliphatic rings. The maximum atomic E-state index is 13.4. The number of amides is 1. The Labute approximate surface area is 168 Å². The number of nitrogens with zero attached hydrogens (tertiary/aromatic N) is 2. The zero-order chi connectivity index (χ0) is 19.7. The molecule has 0 saturated carbocycles. The van der Waals surface area contributed by atoms with Crippen LogP contribution in [0.25, 0.3) is 16.6 Å². The molecule has 2 aromatic carbocycles. The van der Waals surface area contributed by atoms with E-state index in [1.54, 1.807) is 10.6 Å². The van der Waals surface area contributed by atoms with Crippen LogP contribution in [-0.2, 0) is 4.79 Å². The fourth-order valence-electron chi connectivity index (χ4n) is 3.52. The van der Waals surface area contributed by atoms with Crippen molar-refractivity contribution < 1.29 is 4.79 Å².